The largest absolute Gasteiger partial charge is 0.493 e. The predicted molar refractivity (Wildman–Crippen MR) is 85.4 cm³/mol. The number of hydrazone groups is 1. The molecule has 0 heterocycles. The molecule has 2 rings (SSSR count). The number of benzene rings is 2. The summed E-state index contributed by atoms with van der Waals surface area (Å²) < 4.78 is 11.1. The lowest BCUT2D eigenvalue weighted by atomic mass is 10.2. The van der Waals surface area contributed by atoms with Crippen molar-refractivity contribution in [3.63, 3.8) is 0 Å². The second-order valence-electron chi connectivity index (χ2n) is 4.31. The fraction of sp³-hybridized carbons (Fsp3) is 0.188. The number of nitrogens with zero attached hydrogens (tertiary/aromatic N) is 1. The summed E-state index contributed by atoms with van der Waals surface area (Å²) in [6.45, 7) is 0.456. The Hall–Kier alpha value is -2.20. The zero-order valence-electron chi connectivity index (χ0n) is 12.0. The van der Waals surface area contributed by atoms with Crippen LogP contribution in [0.1, 0.15) is 11.1 Å². The van der Waals surface area contributed by atoms with Gasteiger partial charge < -0.3 is 14.9 Å². The van der Waals surface area contributed by atoms with Crippen LogP contribution in [0.15, 0.2) is 47.6 Å². The highest BCUT2D eigenvalue weighted by molar-refractivity contribution is 6.30. The summed E-state index contributed by atoms with van der Waals surface area (Å²) in [5.41, 5.74) is 4.68. The normalized spacial score (nSPS) is 10.6. The number of ether oxygens (including phenoxy) is 2. The number of hydrogen-bond acceptors (Lipinski definition) is 4. The minimum Gasteiger partial charge on any atom is -0.493 e. The van der Waals surface area contributed by atoms with Crippen LogP contribution < -0.4 is 14.9 Å². The van der Waals surface area contributed by atoms with Gasteiger partial charge in [0, 0.05) is 12.1 Å². The first-order chi connectivity index (χ1) is 10.2. The Kier molecular flexibility index (Phi) is 5.46. The molecule has 0 aromatic heterocycles. The SMILES string of the molecule is CN/N=C/c1ccc(OCc2ccc(Cl)cc2)c(OC)c1. The van der Waals surface area contributed by atoms with Crippen LogP contribution in [0.2, 0.25) is 5.02 Å². The zero-order valence-corrected chi connectivity index (χ0v) is 12.7. The Labute approximate surface area is 129 Å². The molecule has 0 atom stereocenters. The molecule has 2 aromatic carbocycles. The molecule has 4 nitrogen and oxygen atoms in total. The van der Waals surface area contributed by atoms with Gasteiger partial charge in [0.15, 0.2) is 11.5 Å². The third-order valence-corrected chi connectivity index (χ3v) is 3.09. The average Bonchev–Trinajstić information content (AvgIpc) is 2.52. The molecule has 0 amide bonds. The van der Waals surface area contributed by atoms with E-state index in [0.29, 0.717) is 23.1 Å². The van der Waals surface area contributed by atoms with E-state index in [-0.39, 0.29) is 0 Å². The highest BCUT2D eigenvalue weighted by Gasteiger charge is 2.05. The Morgan fingerprint density at radius 3 is 2.57 bits per heavy atom. The number of nitrogens with one attached hydrogen (secondary N) is 1. The summed E-state index contributed by atoms with van der Waals surface area (Å²) in [6, 6.07) is 13.2. The standard InChI is InChI=1S/C16H17ClN2O2/c1-18-19-10-13-5-8-15(16(9-13)20-2)21-11-12-3-6-14(17)7-4-12/h3-10,18H,11H2,1-2H3/b19-10+. The summed E-state index contributed by atoms with van der Waals surface area (Å²) in [4.78, 5) is 0. The van der Waals surface area contributed by atoms with Crippen LogP contribution in [-0.4, -0.2) is 20.4 Å². The van der Waals surface area contributed by atoms with Gasteiger partial charge in [-0.2, -0.15) is 5.10 Å². The zero-order chi connectivity index (χ0) is 15.1. The molecule has 0 radical (unpaired) electrons. The van der Waals surface area contributed by atoms with E-state index in [0.717, 1.165) is 11.1 Å². The molecule has 2 aromatic rings. The lowest BCUT2D eigenvalue weighted by molar-refractivity contribution is 0.284. The Morgan fingerprint density at radius 2 is 1.90 bits per heavy atom. The molecule has 0 spiro atoms. The van der Waals surface area contributed by atoms with E-state index in [4.69, 9.17) is 21.1 Å². The first-order valence-corrected chi connectivity index (χ1v) is 6.86. The van der Waals surface area contributed by atoms with Crippen molar-refractivity contribution in [3.05, 3.63) is 58.6 Å². The van der Waals surface area contributed by atoms with Crippen LogP contribution in [0.5, 0.6) is 11.5 Å². The van der Waals surface area contributed by atoms with Crippen molar-refractivity contribution >= 4 is 17.8 Å². The van der Waals surface area contributed by atoms with Crippen molar-refractivity contribution in [2.75, 3.05) is 14.2 Å². The molecular weight excluding hydrogens is 288 g/mol. The van der Waals surface area contributed by atoms with Crippen molar-refractivity contribution in [3.8, 4) is 11.5 Å². The number of methoxy groups -OCH3 is 1. The van der Waals surface area contributed by atoms with Crippen LogP contribution in [0, 0.1) is 0 Å². The van der Waals surface area contributed by atoms with Crippen molar-refractivity contribution in [1.29, 1.82) is 0 Å². The molecule has 0 unspecified atom stereocenters. The molecule has 0 bridgehead atoms. The third-order valence-electron chi connectivity index (χ3n) is 2.84. The van der Waals surface area contributed by atoms with Crippen molar-refractivity contribution in [2.45, 2.75) is 6.61 Å². The Bertz CT molecular complexity index is 612. The monoisotopic (exact) mass is 304 g/mol. The van der Waals surface area contributed by atoms with Crippen LogP contribution in [0.25, 0.3) is 0 Å². The highest BCUT2D eigenvalue weighted by Crippen LogP contribution is 2.28. The minimum absolute atomic E-state index is 0.456. The fourth-order valence-corrected chi connectivity index (χ4v) is 1.89. The summed E-state index contributed by atoms with van der Waals surface area (Å²) >= 11 is 5.86. The van der Waals surface area contributed by atoms with E-state index >= 15 is 0 Å². The van der Waals surface area contributed by atoms with Crippen molar-refractivity contribution in [1.82, 2.24) is 5.43 Å². The summed E-state index contributed by atoms with van der Waals surface area (Å²) in [5, 5.41) is 4.68. The Balaban J connectivity index is 2.08. The predicted octanol–water partition coefficient (Wildman–Crippen LogP) is 3.48. The van der Waals surface area contributed by atoms with Gasteiger partial charge in [-0.15, -0.1) is 0 Å². The van der Waals surface area contributed by atoms with Gasteiger partial charge in [0.25, 0.3) is 0 Å². The molecule has 0 aliphatic carbocycles. The molecule has 110 valence electrons. The van der Waals surface area contributed by atoms with E-state index in [1.165, 1.54) is 0 Å². The van der Waals surface area contributed by atoms with Crippen LogP contribution in [0.3, 0.4) is 0 Å². The topological polar surface area (TPSA) is 42.9 Å². The molecule has 5 heteroatoms. The lowest BCUT2D eigenvalue weighted by Crippen LogP contribution is -1.99. The second-order valence-corrected chi connectivity index (χ2v) is 4.74. The smallest absolute Gasteiger partial charge is 0.161 e. The quantitative estimate of drug-likeness (QED) is 0.656. The second kappa shape index (κ2) is 7.55. The molecule has 21 heavy (non-hydrogen) atoms. The lowest BCUT2D eigenvalue weighted by Gasteiger charge is -2.11. The van der Waals surface area contributed by atoms with E-state index in [2.05, 4.69) is 10.5 Å². The minimum atomic E-state index is 0.456. The van der Waals surface area contributed by atoms with Gasteiger partial charge in [-0.1, -0.05) is 23.7 Å². The molecule has 0 fully saturated rings. The molecular formula is C16H17ClN2O2. The van der Waals surface area contributed by atoms with E-state index in [1.807, 2.05) is 42.5 Å². The van der Waals surface area contributed by atoms with Crippen molar-refractivity contribution in [2.24, 2.45) is 5.10 Å². The maximum atomic E-state index is 5.86. The van der Waals surface area contributed by atoms with E-state index in [1.54, 1.807) is 20.4 Å². The van der Waals surface area contributed by atoms with Crippen LogP contribution >= 0.6 is 11.6 Å². The van der Waals surface area contributed by atoms with Gasteiger partial charge in [0.05, 0.1) is 13.3 Å². The summed E-state index contributed by atoms with van der Waals surface area (Å²) in [6.07, 6.45) is 1.71. The van der Waals surface area contributed by atoms with Gasteiger partial charge in [0.1, 0.15) is 6.61 Å². The van der Waals surface area contributed by atoms with Gasteiger partial charge in [0.2, 0.25) is 0 Å². The number of halogens is 1. The van der Waals surface area contributed by atoms with Gasteiger partial charge >= 0.3 is 0 Å². The summed E-state index contributed by atoms with van der Waals surface area (Å²) in [5.74, 6) is 1.36. The third kappa shape index (κ3) is 4.39. The molecule has 0 aliphatic heterocycles. The van der Waals surface area contributed by atoms with E-state index in [9.17, 15) is 0 Å². The van der Waals surface area contributed by atoms with Crippen LogP contribution in [0.4, 0.5) is 0 Å². The Morgan fingerprint density at radius 1 is 1.14 bits per heavy atom. The maximum Gasteiger partial charge on any atom is 0.161 e. The van der Waals surface area contributed by atoms with E-state index < -0.39 is 0 Å². The first kappa shape index (κ1) is 15.2. The average molecular weight is 305 g/mol. The number of hydrogen-bond donors (Lipinski definition) is 1. The first-order valence-electron chi connectivity index (χ1n) is 6.48. The van der Waals surface area contributed by atoms with Gasteiger partial charge in [-0.25, -0.2) is 0 Å². The summed E-state index contributed by atoms with van der Waals surface area (Å²) in [7, 11) is 3.36. The maximum absolute atomic E-state index is 5.86. The van der Waals surface area contributed by atoms with Crippen LogP contribution in [-0.2, 0) is 6.61 Å². The highest BCUT2D eigenvalue weighted by atomic mass is 35.5. The van der Waals surface area contributed by atoms with Crippen molar-refractivity contribution < 1.29 is 9.47 Å². The number of rotatable bonds is 6. The molecule has 0 saturated heterocycles. The molecule has 0 saturated carbocycles. The fourth-order valence-electron chi connectivity index (χ4n) is 1.76. The van der Waals surface area contributed by atoms with Gasteiger partial charge in [-0.05, 0) is 41.5 Å². The molecule has 0 aliphatic rings. The van der Waals surface area contributed by atoms with Gasteiger partial charge in [-0.3, -0.25) is 0 Å². The molecule has 1 N–H and O–H groups in total.